The van der Waals surface area contributed by atoms with E-state index in [0.717, 1.165) is 11.1 Å². The molecule has 4 nitrogen and oxygen atoms in total. The monoisotopic (exact) mass is 449 g/mol. The molecule has 0 spiro atoms. The van der Waals surface area contributed by atoms with Crippen LogP contribution in [0.4, 0.5) is 0 Å². The van der Waals surface area contributed by atoms with E-state index in [-0.39, 0.29) is 11.2 Å². The van der Waals surface area contributed by atoms with Crippen molar-refractivity contribution in [2.75, 3.05) is 13.7 Å². The predicted octanol–water partition coefficient (Wildman–Crippen LogP) is 5.36. The van der Waals surface area contributed by atoms with Gasteiger partial charge in [-0.15, -0.1) is 0 Å². The van der Waals surface area contributed by atoms with Crippen molar-refractivity contribution in [2.24, 2.45) is 5.92 Å². The molecule has 0 N–H and O–H groups in total. The first-order valence-electron chi connectivity index (χ1n) is 9.44. The Balaban J connectivity index is 1.68. The SMILES string of the molecule is COc1cc(C[C@H]2SC(=S)N(CC(C)C)C2=O)ccc1OCc1ccccc1Cl. The van der Waals surface area contributed by atoms with Crippen LogP contribution in [-0.2, 0) is 17.8 Å². The number of thiocarbonyl (C=S) groups is 1. The van der Waals surface area contributed by atoms with Gasteiger partial charge in [-0.3, -0.25) is 9.69 Å². The lowest BCUT2D eigenvalue weighted by Crippen LogP contribution is -2.34. The third-order valence-electron chi connectivity index (χ3n) is 4.54. The van der Waals surface area contributed by atoms with Gasteiger partial charge in [0, 0.05) is 17.1 Å². The average Bonchev–Trinajstić information content (AvgIpc) is 2.95. The van der Waals surface area contributed by atoms with Crippen molar-refractivity contribution in [1.82, 2.24) is 4.90 Å². The van der Waals surface area contributed by atoms with Crippen molar-refractivity contribution in [1.29, 1.82) is 0 Å². The summed E-state index contributed by atoms with van der Waals surface area (Å²) in [4.78, 5) is 14.4. The van der Waals surface area contributed by atoms with Gasteiger partial charge in [-0.05, 0) is 36.1 Å². The van der Waals surface area contributed by atoms with Gasteiger partial charge >= 0.3 is 0 Å². The normalized spacial score (nSPS) is 16.6. The van der Waals surface area contributed by atoms with Crippen molar-refractivity contribution in [3.8, 4) is 11.5 Å². The molecule has 154 valence electrons. The first-order valence-corrected chi connectivity index (χ1v) is 11.1. The van der Waals surface area contributed by atoms with Crippen LogP contribution in [0.5, 0.6) is 11.5 Å². The Hall–Kier alpha value is -1.76. The van der Waals surface area contributed by atoms with Crippen LogP contribution in [0.25, 0.3) is 0 Å². The molecule has 7 heteroatoms. The summed E-state index contributed by atoms with van der Waals surface area (Å²) in [5.41, 5.74) is 1.92. The lowest BCUT2D eigenvalue weighted by molar-refractivity contribution is -0.126. The predicted molar refractivity (Wildman–Crippen MR) is 123 cm³/mol. The molecule has 2 aromatic rings. The highest BCUT2D eigenvalue weighted by molar-refractivity contribution is 8.24. The van der Waals surface area contributed by atoms with Crippen molar-refractivity contribution in [2.45, 2.75) is 32.1 Å². The van der Waals surface area contributed by atoms with E-state index in [1.165, 1.54) is 11.8 Å². The maximum absolute atomic E-state index is 12.7. The van der Waals surface area contributed by atoms with E-state index in [4.69, 9.17) is 33.3 Å². The van der Waals surface area contributed by atoms with E-state index < -0.39 is 0 Å². The van der Waals surface area contributed by atoms with Gasteiger partial charge in [-0.2, -0.15) is 0 Å². The number of ether oxygens (including phenoxy) is 2. The van der Waals surface area contributed by atoms with Gasteiger partial charge in [0.25, 0.3) is 0 Å². The molecule has 1 aliphatic heterocycles. The fraction of sp³-hybridized carbons (Fsp3) is 0.364. The molecule has 29 heavy (non-hydrogen) atoms. The summed E-state index contributed by atoms with van der Waals surface area (Å²) >= 11 is 13.1. The van der Waals surface area contributed by atoms with E-state index in [1.807, 2.05) is 42.5 Å². The molecule has 0 bridgehead atoms. The topological polar surface area (TPSA) is 38.8 Å². The van der Waals surface area contributed by atoms with Crippen LogP contribution in [0.2, 0.25) is 5.02 Å². The number of rotatable bonds is 8. The quantitative estimate of drug-likeness (QED) is 0.507. The van der Waals surface area contributed by atoms with Crippen LogP contribution in [0.15, 0.2) is 42.5 Å². The molecule has 0 radical (unpaired) electrons. The van der Waals surface area contributed by atoms with Crippen molar-refractivity contribution >= 4 is 45.8 Å². The van der Waals surface area contributed by atoms with Crippen LogP contribution in [-0.4, -0.2) is 34.0 Å². The number of carbonyl (C=O) groups is 1. The Labute approximate surface area is 186 Å². The maximum atomic E-state index is 12.7. The largest absolute Gasteiger partial charge is 0.493 e. The average molecular weight is 450 g/mol. The van der Waals surface area contributed by atoms with Crippen LogP contribution in [0.3, 0.4) is 0 Å². The Morgan fingerprint density at radius 2 is 1.97 bits per heavy atom. The summed E-state index contributed by atoms with van der Waals surface area (Å²) in [6.45, 7) is 5.18. The number of hydrogen-bond donors (Lipinski definition) is 0. The van der Waals surface area contributed by atoms with Crippen LogP contribution in [0.1, 0.15) is 25.0 Å². The molecule has 1 fully saturated rings. The van der Waals surface area contributed by atoms with Crippen LogP contribution >= 0.6 is 35.6 Å². The number of thioether (sulfide) groups is 1. The van der Waals surface area contributed by atoms with E-state index in [1.54, 1.807) is 12.0 Å². The molecule has 0 saturated carbocycles. The van der Waals surface area contributed by atoms with E-state index in [0.29, 0.717) is 46.3 Å². The maximum Gasteiger partial charge on any atom is 0.241 e. The van der Waals surface area contributed by atoms with Crippen LogP contribution < -0.4 is 9.47 Å². The van der Waals surface area contributed by atoms with Crippen molar-refractivity contribution < 1.29 is 14.3 Å². The van der Waals surface area contributed by atoms with Gasteiger partial charge in [0.1, 0.15) is 10.9 Å². The zero-order chi connectivity index (χ0) is 21.0. The lowest BCUT2D eigenvalue weighted by Gasteiger charge is -2.18. The van der Waals surface area contributed by atoms with E-state index >= 15 is 0 Å². The second kappa shape index (κ2) is 9.83. The number of amides is 1. The Morgan fingerprint density at radius 1 is 1.21 bits per heavy atom. The molecule has 0 aromatic heterocycles. The minimum absolute atomic E-state index is 0.0895. The molecule has 0 unspecified atom stereocenters. The van der Waals surface area contributed by atoms with E-state index in [2.05, 4.69) is 13.8 Å². The second-order valence-corrected chi connectivity index (χ2v) is 9.53. The first kappa shape index (κ1) is 21.9. The van der Waals surface area contributed by atoms with Crippen molar-refractivity contribution in [3.63, 3.8) is 0 Å². The van der Waals surface area contributed by atoms with E-state index in [9.17, 15) is 4.79 Å². The molecule has 1 saturated heterocycles. The minimum Gasteiger partial charge on any atom is -0.493 e. The highest BCUT2D eigenvalue weighted by atomic mass is 35.5. The number of carbonyl (C=O) groups excluding carboxylic acids is 1. The molecule has 1 atom stereocenters. The Morgan fingerprint density at radius 3 is 2.66 bits per heavy atom. The van der Waals surface area contributed by atoms with Gasteiger partial charge in [-0.1, -0.05) is 73.7 Å². The number of halogens is 1. The third-order valence-corrected chi connectivity index (χ3v) is 6.50. The summed E-state index contributed by atoms with van der Waals surface area (Å²) in [5.74, 6) is 1.74. The smallest absolute Gasteiger partial charge is 0.241 e. The minimum atomic E-state index is -0.194. The molecule has 0 aliphatic carbocycles. The molecular weight excluding hydrogens is 426 g/mol. The molecule has 2 aromatic carbocycles. The summed E-state index contributed by atoms with van der Waals surface area (Å²) in [6.07, 6.45) is 0.597. The van der Waals surface area contributed by atoms with Gasteiger partial charge in [0.05, 0.1) is 12.4 Å². The van der Waals surface area contributed by atoms with Gasteiger partial charge in [0.2, 0.25) is 5.91 Å². The fourth-order valence-electron chi connectivity index (χ4n) is 3.10. The highest BCUT2D eigenvalue weighted by Gasteiger charge is 2.37. The molecule has 1 amide bonds. The summed E-state index contributed by atoms with van der Waals surface area (Å²) in [7, 11) is 1.61. The molecule has 3 rings (SSSR count). The Kier molecular flexibility index (Phi) is 7.44. The number of benzene rings is 2. The molecular formula is C22H24ClNO3S2. The zero-order valence-electron chi connectivity index (χ0n) is 16.7. The van der Waals surface area contributed by atoms with Gasteiger partial charge < -0.3 is 9.47 Å². The number of nitrogens with zero attached hydrogens (tertiary/aromatic N) is 1. The summed E-state index contributed by atoms with van der Waals surface area (Å²) in [6, 6.07) is 13.3. The van der Waals surface area contributed by atoms with Gasteiger partial charge in [-0.25, -0.2) is 0 Å². The summed E-state index contributed by atoms with van der Waals surface area (Å²) < 4.78 is 12.1. The third kappa shape index (κ3) is 5.44. The van der Waals surface area contributed by atoms with Crippen LogP contribution in [0, 0.1) is 5.92 Å². The number of hydrogen-bond acceptors (Lipinski definition) is 5. The zero-order valence-corrected chi connectivity index (χ0v) is 19.1. The molecule has 1 aliphatic rings. The first-order chi connectivity index (χ1) is 13.9. The highest BCUT2D eigenvalue weighted by Crippen LogP contribution is 2.34. The lowest BCUT2D eigenvalue weighted by atomic mass is 10.1. The van der Waals surface area contributed by atoms with Gasteiger partial charge in [0.15, 0.2) is 11.5 Å². The summed E-state index contributed by atoms with van der Waals surface area (Å²) in [5, 5.41) is 0.475. The second-order valence-electron chi connectivity index (χ2n) is 7.28. The van der Waals surface area contributed by atoms with Crippen molar-refractivity contribution in [3.05, 3.63) is 58.6 Å². The Bertz CT molecular complexity index is 903. The number of methoxy groups -OCH3 is 1. The fourth-order valence-corrected chi connectivity index (χ4v) is 4.84. The standard InChI is InChI=1S/C22H24ClNO3S2/c1-14(2)12-24-21(25)20(29-22(24)28)11-15-8-9-18(19(10-15)26-3)27-13-16-6-4-5-7-17(16)23/h4-10,14,20H,11-13H2,1-3H3/t20-/m1/s1. The molecule has 1 heterocycles.